The number of hydrogen-bond donors (Lipinski definition) is 2. The second-order valence-electron chi connectivity index (χ2n) is 5.00. The Kier molecular flexibility index (Phi) is 5.01. The van der Waals surface area contributed by atoms with E-state index in [0.29, 0.717) is 26.8 Å². The third-order valence-corrected chi connectivity index (χ3v) is 4.51. The minimum atomic E-state index is -0.891. The van der Waals surface area contributed by atoms with Gasteiger partial charge in [0.2, 0.25) is 0 Å². The molecule has 1 heterocycles. The molecule has 0 aromatic heterocycles. The van der Waals surface area contributed by atoms with E-state index < -0.39 is 17.9 Å². The SMILES string of the molecule is CC1CN(C(=O)Nc2c(Cl)cc(Br)cc2Cl)CC1C(=O)O. The maximum absolute atomic E-state index is 12.2. The average molecular weight is 396 g/mol. The van der Waals surface area contributed by atoms with Gasteiger partial charge in [-0.15, -0.1) is 0 Å². The monoisotopic (exact) mass is 394 g/mol. The van der Waals surface area contributed by atoms with Crippen LogP contribution < -0.4 is 5.32 Å². The van der Waals surface area contributed by atoms with Crippen LogP contribution in [0.15, 0.2) is 16.6 Å². The molecular weight excluding hydrogens is 383 g/mol. The molecular formula is C13H13BrCl2N2O3. The molecule has 0 aliphatic carbocycles. The molecule has 1 aromatic rings. The van der Waals surface area contributed by atoms with Gasteiger partial charge < -0.3 is 15.3 Å². The smallest absolute Gasteiger partial charge is 0.321 e. The number of hydrogen-bond acceptors (Lipinski definition) is 2. The predicted molar refractivity (Wildman–Crippen MR) is 85.0 cm³/mol. The van der Waals surface area contributed by atoms with Gasteiger partial charge in [-0.2, -0.15) is 0 Å². The van der Waals surface area contributed by atoms with Crippen LogP contribution in [0.2, 0.25) is 10.0 Å². The fourth-order valence-corrected chi connectivity index (χ4v) is 3.60. The van der Waals surface area contributed by atoms with E-state index in [9.17, 15) is 9.59 Å². The number of likely N-dealkylation sites (tertiary alicyclic amines) is 1. The number of nitrogens with zero attached hydrogens (tertiary/aromatic N) is 1. The van der Waals surface area contributed by atoms with E-state index in [4.69, 9.17) is 28.3 Å². The van der Waals surface area contributed by atoms with Crippen LogP contribution in [0.3, 0.4) is 0 Å². The maximum atomic E-state index is 12.2. The number of amides is 2. The van der Waals surface area contributed by atoms with Gasteiger partial charge in [0, 0.05) is 17.6 Å². The van der Waals surface area contributed by atoms with Gasteiger partial charge >= 0.3 is 12.0 Å². The highest BCUT2D eigenvalue weighted by Gasteiger charge is 2.37. The van der Waals surface area contributed by atoms with Crippen molar-refractivity contribution in [2.75, 3.05) is 18.4 Å². The van der Waals surface area contributed by atoms with Crippen molar-refractivity contribution in [1.29, 1.82) is 0 Å². The van der Waals surface area contributed by atoms with Crippen LogP contribution in [-0.4, -0.2) is 35.1 Å². The predicted octanol–water partition coefficient (Wildman–Crippen LogP) is 3.94. The summed E-state index contributed by atoms with van der Waals surface area (Å²) >= 11 is 15.4. The molecule has 5 nitrogen and oxygen atoms in total. The quantitative estimate of drug-likeness (QED) is 0.796. The second-order valence-corrected chi connectivity index (χ2v) is 6.73. The molecule has 0 spiro atoms. The van der Waals surface area contributed by atoms with E-state index in [2.05, 4.69) is 21.2 Å². The number of halogens is 3. The number of nitrogens with one attached hydrogen (secondary N) is 1. The number of urea groups is 1. The van der Waals surface area contributed by atoms with E-state index in [0.717, 1.165) is 0 Å². The molecule has 1 saturated heterocycles. The van der Waals surface area contributed by atoms with Crippen LogP contribution >= 0.6 is 39.1 Å². The first-order chi connectivity index (χ1) is 9.79. The van der Waals surface area contributed by atoms with Gasteiger partial charge in [-0.25, -0.2) is 4.79 Å². The molecule has 2 atom stereocenters. The Morgan fingerprint density at radius 1 is 1.33 bits per heavy atom. The average Bonchev–Trinajstić information content (AvgIpc) is 2.75. The molecule has 0 bridgehead atoms. The van der Waals surface area contributed by atoms with Crippen LogP contribution in [0, 0.1) is 11.8 Å². The first-order valence-electron chi connectivity index (χ1n) is 6.23. The minimum Gasteiger partial charge on any atom is -0.481 e. The first kappa shape index (κ1) is 16.4. The lowest BCUT2D eigenvalue weighted by molar-refractivity contribution is -0.142. The van der Waals surface area contributed by atoms with Crippen LogP contribution in [0.4, 0.5) is 10.5 Å². The number of anilines is 1. The van der Waals surface area contributed by atoms with Crippen molar-refractivity contribution < 1.29 is 14.7 Å². The second kappa shape index (κ2) is 6.42. The maximum Gasteiger partial charge on any atom is 0.321 e. The molecule has 0 radical (unpaired) electrons. The van der Waals surface area contributed by atoms with Crippen molar-refractivity contribution in [3.05, 3.63) is 26.7 Å². The molecule has 2 N–H and O–H groups in total. The summed E-state index contributed by atoms with van der Waals surface area (Å²) in [5.74, 6) is -1.53. The van der Waals surface area contributed by atoms with Gasteiger partial charge in [0.05, 0.1) is 21.7 Å². The molecule has 8 heteroatoms. The number of benzene rings is 1. The van der Waals surface area contributed by atoms with E-state index in [-0.39, 0.29) is 12.5 Å². The molecule has 114 valence electrons. The molecule has 0 saturated carbocycles. The zero-order chi connectivity index (χ0) is 15.7. The molecule has 1 fully saturated rings. The molecule has 2 rings (SSSR count). The third-order valence-electron chi connectivity index (χ3n) is 3.46. The molecule has 2 unspecified atom stereocenters. The number of carboxylic acid groups (broad SMARTS) is 1. The zero-order valence-electron chi connectivity index (χ0n) is 11.1. The Labute approximate surface area is 140 Å². The lowest BCUT2D eigenvalue weighted by Crippen LogP contribution is -2.34. The van der Waals surface area contributed by atoms with E-state index in [1.807, 2.05) is 6.92 Å². The summed E-state index contributed by atoms with van der Waals surface area (Å²) in [4.78, 5) is 24.7. The van der Waals surface area contributed by atoms with Gasteiger partial charge in [-0.05, 0) is 18.1 Å². The van der Waals surface area contributed by atoms with Crippen molar-refractivity contribution in [2.45, 2.75) is 6.92 Å². The van der Waals surface area contributed by atoms with E-state index in [1.54, 1.807) is 12.1 Å². The number of carbonyl (C=O) groups is 2. The third kappa shape index (κ3) is 3.62. The zero-order valence-corrected chi connectivity index (χ0v) is 14.2. The molecule has 1 aliphatic rings. The van der Waals surface area contributed by atoms with E-state index >= 15 is 0 Å². The summed E-state index contributed by atoms with van der Waals surface area (Å²) in [6.07, 6.45) is 0. The Morgan fingerprint density at radius 3 is 2.38 bits per heavy atom. The standard InChI is InChI=1S/C13H13BrCl2N2O3/c1-6-4-18(5-8(6)12(19)20)13(21)17-11-9(15)2-7(14)3-10(11)16/h2-3,6,8H,4-5H2,1H3,(H,17,21)(H,19,20). The summed E-state index contributed by atoms with van der Waals surface area (Å²) < 4.78 is 0.705. The van der Waals surface area contributed by atoms with Crippen LogP contribution in [-0.2, 0) is 4.79 Å². The summed E-state index contributed by atoms with van der Waals surface area (Å²) in [6.45, 7) is 2.37. The summed E-state index contributed by atoms with van der Waals surface area (Å²) in [5.41, 5.74) is 0.318. The largest absolute Gasteiger partial charge is 0.481 e. The molecule has 1 aliphatic heterocycles. The highest BCUT2D eigenvalue weighted by molar-refractivity contribution is 9.10. The number of carboxylic acids is 1. The Bertz CT molecular complexity index is 574. The molecule has 21 heavy (non-hydrogen) atoms. The van der Waals surface area contributed by atoms with Crippen LogP contribution in [0.1, 0.15) is 6.92 Å². The fourth-order valence-electron chi connectivity index (χ4n) is 2.30. The van der Waals surface area contributed by atoms with E-state index in [1.165, 1.54) is 4.90 Å². The fraction of sp³-hybridized carbons (Fsp3) is 0.385. The molecule has 1 aromatic carbocycles. The highest BCUT2D eigenvalue weighted by Crippen LogP contribution is 2.34. The lowest BCUT2D eigenvalue weighted by Gasteiger charge is -2.18. The van der Waals surface area contributed by atoms with Crippen molar-refractivity contribution >= 4 is 56.8 Å². The van der Waals surface area contributed by atoms with Gasteiger partial charge in [-0.3, -0.25) is 4.79 Å². The number of rotatable bonds is 2. The van der Waals surface area contributed by atoms with Crippen LogP contribution in [0.5, 0.6) is 0 Å². The Balaban J connectivity index is 2.11. The summed E-state index contributed by atoms with van der Waals surface area (Å²) in [6, 6.07) is 2.84. The Morgan fingerprint density at radius 2 is 1.90 bits per heavy atom. The van der Waals surface area contributed by atoms with Gasteiger partial charge in [0.1, 0.15) is 0 Å². The lowest BCUT2D eigenvalue weighted by atomic mass is 9.99. The summed E-state index contributed by atoms with van der Waals surface area (Å²) in [7, 11) is 0. The minimum absolute atomic E-state index is 0.0934. The van der Waals surface area contributed by atoms with Crippen molar-refractivity contribution in [3.63, 3.8) is 0 Å². The van der Waals surface area contributed by atoms with Gasteiger partial charge in [-0.1, -0.05) is 46.1 Å². The molecule has 2 amide bonds. The number of carbonyl (C=O) groups excluding carboxylic acids is 1. The normalized spacial score (nSPS) is 21.4. The Hall–Kier alpha value is -0.980. The topological polar surface area (TPSA) is 69.6 Å². The van der Waals surface area contributed by atoms with Gasteiger partial charge in [0.25, 0.3) is 0 Å². The number of aliphatic carboxylic acids is 1. The van der Waals surface area contributed by atoms with Gasteiger partial charge in [0.15, 0.2) is 0 Å². The highest BCUT2D eigenvalue weighted by atomic mass is 79.9. The van der Waals surface area contributed by atoms with Crippen molar-refractivity contribution in [3.8, 4) is 0 Å². The van der Waals surface area contributed by atoms with Crippen molar-refractivity contribution in [1.82, 2.24) is 4.90 Å². The van der Waals surface area contributed by atoms with Crippen LogP contribution in [0.25, 0.3) is 0 Å². The van der Waals surface area contributed by atoms with Crippen molar-refractivity contribution in [2.24, 2.45) is 11.8 Å². The first-order valence-corrected chi connectivity index (χ1v) is 7.77. The summed E-state index contributed by atoms with van der Waals surface area (Å²) in [5, 5.41) is 12.3.